The zero-order valence-electron chi connectivity index (χ0n) is 20.2. The smallest absolute Gasteiger partial charge is 0.264 e. The molecule has 2 aliphatic rings. The highest BCUT2D eigenvalue weighted by atomic mass is 32.1. The van der Waals surface area contributed by atoms with E-state index in [-0.39, 0.29) is 17.6 Å². The molecule has 1 amide bonds. The molecule has 9 heteroatoms. The molecular formula is C26H31N3O5S. The summed E-state index contributed by atoms with van der Waals surface area (Å²) in [4.78, 5) is 30.6. The Balaban J connectivity index is 1.45. The van der Waals surface area contributed by atoms with Gasteiger partial charge in [0.05, 0.1) is 37.9 Å². The Hall–Kier alpha value is -2.72. The van der Waals surface area contributed by atoms with Gasteiger partial charge >= 0.3 is 0 Å². The Morgan fingerprint density at radius 2 is 2.00 bits per heavy atom. The Bertz CT molecular complexity index is 1260. The number of carbonyl (C=O) groups excluding carboxylic acids is 1. The second kappa shape index (κ2) is 10.5. The summed E-state index contributed by atoms with van der Waals surface area (Å²) >= 11 is 1.48. The lowest BCUT2D eigenvalue weighted by molar-refractivity contribution is 0.0324. The van der Waals surface area contributed by atoms with E-state index >= 15 is 0 Å². The summed E-state index contributed by atoms with van der Waals surface area (Å²) < 4.78 is 19.0. The standard InChI is InChI=1S/C26H31N3O5S/c1-27-16-18(3-6-24(27)30)20-4-5-22(32-2)21-15-23(35-25(20)21)26(31)29(8-7-19-17-34-19)10-9-28-11-13-33-14-12-28/h3-6,15-16,19H,7-14,17H2,1-2H3. The fraction of sp³-hybridized carbons (Fsp3) is 0.462. The molecule has 1 aromatic carbocycles. The first-order valence-electron chi connectivity index (χ1n) is 12.0. The maximum absolute atomic E-state index is 13.7. The maximum atomic E-state index is 13.7. The Morgan fingerprint density at radius 3 is 2.71 bits per heavy atom. The maximum Gasteiger partial charge on any atom is 0.264 e. The van der Waals surface area contributed by atoms with Crippen LogP contribution < -0.4 is 10.3 Å². The number of benzene rings is 1. The van der Waals surface area contributed by atoms with Crippen LogP contribution in [0.25, 0.3) is 21.2 Å². The van der Waals surface area contributed by atoms with E-state index in [1.54, 1.807) is 24.8 Å². The number of thiophene rings is 1. The zero-order chi connectivity index (χ0) is 24.4. The molecule has 35 heavy (non-hydrogen) atoms. The van der Waals surface area contributed by atoms with Gasteiger partial charge in [0.2, 0.25) is 5.56 Å². The van der Waals surface area contributed by atoms with Crippen molar-refractivity contribution in [3.8, 4) is 16.9 Å². The first kappa shape index (κ1) is 24.0. The van der Waals surface area contributed by atoms with E-state index in [9.17, 15) is 9.59 Å². The van der Waals surface area contributed by atoms with Gasteiger partial charge in [0.25, 0.3) is 5.91 Å². The Labute approximate surface area is 208 Å². The summed E-state index contributed by atoms with van der Waals surface area (Å²) in [7, 11) is 3.38. The van der Waals surface area contributed by atoms with Gasteiger partial charge in [-0.15, -0.1) is 11.3 Å². The van der Waals surface area contributed by atoms with Crippen molar-refractivity contribution in [2.75, 3.05) is 59.7 Å². The first-order chi connectivity index (χ1) is 17.0. The third-order valence-electron chi connectivity index (χ3n) is 6.67. The van der Waals surface area contributed by atoms with Gasteiger partial charge < -0.3 is 23.7 Å². The number of rotatable bonds is 9. The molecule has 0 aliphatic carbocycles. The molecule has 8 nitrogen and oxygen atoms in total. The van der Waals surface area contributed by atoms with Crippen molar-refractivity contribution in [2.45, 2.75) is 12.5 Å². The average Bonchev–Trinajstić information content (AvgIpc) is 3.60. The summed E-state index contributed by atoms with van der Waals surface area (Å²) in [6.45, 7) is 6.25. The van der Waals surface area contributed by atoms with E-state index in [4.69, 9.17) is 14.2 Å². The number of epoxide rings is 1. The number of aromatic nitrogens is 1. The third-order valence-corrected chi connectivity index (χ3v) is 7.83. The highest BCUT2D eigenvalue weighted by Gasteiger charge is 2.27. The third kappa shape index (κ3) is 5.43. The molecule has 2 saturated heterocycles. The number of pyridine rings is 1. The zero-order valence-corrected chi connectivity index (χ0v) is 21.0. The van der Waals surface area contributed by atoms with Gasteiger partial charge in [-0.2, -0.15) is 0 Å². The minimum atomic E-state index is -0.0592. The van der Waals surface area contributed by atoms with E-state index in [0.717, 1.165) is 72.8 Å². The molecule has 1 unspecified atom stereocenters. The van der Waals surface area contributed by atoms with Crippen molar-refractivity contribution in [1.29, 1.82) is 0 Å². The van der Waals surface area contributed by atoms with Crippen molar-refractivity contribution >= 4 is 27.3 Å². The highest BCUT2D eigenvalue weighted by Crippen LogP contribution is 2.40. The van der Waals surface area contributed by atoms with Crippen molar-refractivity contribution < 1.29 is 19.0 Å². The number of aryl methyl sites for hydroxylation is 1. The quantitative estimate of drug-likeness (QED) is 0.423. The van der Waals surface area contributed by atoms with Crippen molar-refractivity contribution in [2.24, 2.45) is 7.05 Å². The van der Waals surface area contributed by atoms with Crippen LogP contribution in [-0.2, 0) is 16.5 Å². The van der Waals surface area contributed by atoms with Crippen molar-refractivity contribution in [1.82, 2.24) is 14.4 Å². The van der Waals surface area contributed by atoms with E-state index in [1.165, 1.54) is 11.3 Å². The fourth-order valence-electron chi connectivity index (χ4n) is 4.45. The molecule has 0 N–H and O–H groups in total. The number of fused-ring (bicyclic) bond motifs is 1. The predicted octanol–water partition coefficient (Wildman–Crippen LogP) is 2.84. The summed E-state index contributed by atoms with van der Waals surface area (Å²) in [5, 5.41) is 0.908. The molecule has 0 spiro atoms. The van der Waals surface area contributed by atoms with E-state index in [2.05, 4.69) is 4.90 Å². The molecule has 0 saturated carbocycles. The second-order valence-corrected chi connectivity index (χ2v) is 10.1. The summed E-state index contributed by atoms with van der Waals surface area (Å²) in [5.74, 6) is 0.767. The minimum absolute atomic E-state index is 0.0357. The molecule has 4 heterocycles. The predicted molar refractivity (Wildman–Crippen MR) is 137 cm³/mol. The Morgan fingerprint density at radius 1 is 1.20 bits per heavy atom. The van der Waals surface area contributed by atoms with E-state index in [0.29, 0.717) is 18.0 Å². The summed E-state index contributed by atoms with van der Waals surface area (Å²) in [5.41, 5.74) is 1.85. The molecule has 2 aliphatic heterocycles. The van der Waals surface area contributed by atoms with Crippen LogP contribution in [0.15, 0.2) is 41.3 Å². The lowest BCUT2D eigenvalue weighted by atomic mass is 10.1. The molecule has 2 fully saturated rings. The summed E-state index contributed by atoms with van der Waals surface area (Å²) in [6.07, 6.45) is 2.95. The molecule has 0 radical (unpaired) electrons. The van der Waals surface area contributed by atoms with Crippen LogP contribution >= 0.6 is 11.3 Å². The number of hydrogen-bond acceptors (Lipinski definition) is 7. The lowest BCUT2D eigenvalue weighted by Crippen LogP contribution is -2.43. The fourth-order valence-corrected chi connectivity index (χ4v) is 5.63. The van der Waals surface area contributed by atoms with Crippen LogP contribution in [0.2, 0.25) is 0 Å². The van der Waals surface area contributed by atoms with Gasteiger partial charge in [-0.05, 0) is 36.2 Å². The van der Waals surface area contributed by atoms with Gasteiger partial charge in [-0.3, -0.25) is 14.5 Å². The van der Waals surface area contributed by atoms with E-state index < -0.39 is 0 Å². The number of carbonyl (C=O) groups is 1. The van der Waals surface area contributed by atoms with Crippen molar-refractivity contribution in [3.05, 3.63) is 51.8 Å². The normalized spacial score (nSPS) is 18.1. The minimum Gasteiger partial charge on any atom is -0.496 e. The molecule has 2 aromatic heterocycles. The van der Waals surface area contributed by atoms with E-state index in [1.807, 2.05) is 35.4 Å². The monoisotopic (exact) mass is 497 g/mol. The van der Waals surface area contributed by atoms with Crippen LogP contribution in [0.4, 0.5) is 0 Å². The molecule has 186 valence electrons. The number of ether oxygens (including phenoxy) is 3. The molecular weight excluding hydrogens is 466 g/mol. The number of amides is 1. The van der Waals surface area contributed by atoms with Gasteiger partial charge in [0.15, 0.2) is 0 Å². The van der Waals surface area contributed by atoms with Gasteiger partial charge in [-0.25, -0.2) is 0 Å². The van der Waals surface area contributed by atoms with Crippen LogP contribution in [0.5, 0.6) is 5.75 Å². The number of methoxy groups -OCH3 is 1. The second-order valence-electron chi connectivity index (χ2n) is 9.03. The molecule has 0 bridgehead atoms. The van der Waals surface area contributed by atoms with Gasteiger partial charge in [0.1, 0.15) is 5.75 Å². The van der Waals surface area contributed by atoms with Crippen LogP contribution in [-0.4, -0.2) is 86.0 Å². The first-order valence-corrected chi connectivity index (χ1v) is 12.8. The highest BCUT2D eigenvalue weighted by molar-refractivity contribution is 7.21. The van der Waals surface area contributed by atoms with Gasteiger partial charge in [-0.1, -0.05) is 0 Å². The van der Waals surface area contributed by atoms with Gasteiger partial charge in [0, 0.05) is 67.7 Å². The molecule has 5 rings (SSSR count). The summed E-state index contributed by atoms with van der Waals surface area (Å²) in [6, 6.07) is 9.26. The molecule has 3 aromatic rings. The average molecular weight is 498 g/mol. The number of hydrogen-bond donors (Lipinski definition) is 0. The molecule has 1 atom stereocenters. The SMILES string of the molecule is COc1ccc(-c2ccc(=O)n(C)c2)c2sc(C(=O)N(CCC3CO3)CCN3CCOCC3)cc12. The van der Waals surface area contributed by atoms with Crippen molar-refractivity contribution in [3.63, 3.8) is 0 Å². The number of morpholine rings is 1. The topological polar surface area (TPSA) is 76.5 Å². The van der Waals surface area contributed by atoms with Crippen LogP contribution in [0.3, 0.4) is 0 Å². The van der Waals surface area contributed by atoms with Crippen LogP contribution in [0.1, 0.15) is 16.1 Å². The largest absolute Gasteiger partial charge is 0.496 e. The van der Waals surface area contributed by atoms with Crippen LogP contribution in [0, 0.1) is 0 Å². The Kier molecular flexibility index (Phi) is 7.19. The lowest BCUT2D eigenvalue weighted by Gasteiger charge is -2.30. The number of nitrogens with zero attached hydrogens (tertiary/aromatic N) is 3.